The predicted molar refractivity (Wildman–Crippen MR) is 74.2 cm³/mol. The van der Waals surface area contributed by atoms with Crippen molar-refractivity contribution in [2.45, 2.75) is 20.3 Å². The molecule has 0 saturated heterocycles. The topological polar surface area (TPSA) is 70.2 Å². The third kappa shape index (κ3) is 4.58. The van der Waals surface area contributed by atoms with Crippen LogP contribution in [0.4, 0.5) is 5.13 Å². The molecule has 0 spiro atoms. The quantitative estimate of drug-likeness (QED) is 0.739. The van der Waals surface area contributed by atoms with E-state index in [0.29, 0.717) is 16.7 Å². The molecule has 1 heterocycles. The molecule has 0 radical (unpaired) electrons. The number of hydrogen-bond donors (Lipinski definition) is 2. The molecule has 0 aliphatic heterocycles. The van der Waals surface area contributed by atoms with Gasteiger partial charge in [-0.2, -0.15) is 0 Å². The highest BCUT2D eigenvalue weighted by Gasteiger charge is 2.11. The van der Waals surface area contributed by atoms with Crippen molar-refractivity contribution >= 4 is 22.4 Å². The van der Waals surface area contributed by atoms with Crippen molar-refractivity contribution in [2.24, 2.45) is 0 Å². The van der Waals surface area contributed by atoms with E-state index in [0.717, 1.165) is 26.1 Å². The van der Waals surface area contributed by atoms with E-state index < -0.39 is 0 Å². The van der Waals surface area contributed by atoms with Crippen LogP contribution in [0.2, 0.25) is 0 Å². The standard InChI is InChI=1S/C11H21N5OS/c1-4-7-16(5-2)8-6-13-9(17)10-14-15-11(12-3)18-10/h4-8H2,1-3H3,(H,12,15)(H,13,17). The molecule has 2 N–H and O–H groups in total. The highest BCUT2D eigenvalue weighted by atomic mass is 32.1. The van der Waals surface area contributed by atoms with E-state index in [9.17, 15) is 4.79 Å². The third-order valence-electron chi connectivity index (χ3n) is 2.53. The lowest BCUT2D eigenvalue weighted by Gasteiger charge is -2.19. The number of aromatic nitrogens is 2. The molecular weight excluding hydrogens is 250 g/mol. The molecule has 0 unspecified atom stereocenters. The Kier molecular flexibility index (Phi) is 6.59. The summed E-state index contributed by atoms with van der Waals surface area (Å²) < 4.78 is 0. The average Bonchev–Trinajstić information content (AvgIpc) is 2.86. The van der Waals surface area contributed by atoms with Crippen molar-refractivity contribution < 1.29 is 4.79 Å². The minimum atomic E-state index is -0.151. The Labute approximate surface area is 112 Å². The number of amides is 1. The van der Waals surface area contributed by atoms with Gasteiger partial charge >= 0.3 is 0 Å². The van der Waals surface area contributed by atoms with Crippen molar-refractivity contribution in [3.63, 3.8) is 0 Å². The molecule has 0 atom stereocenters. The van der Waals surface area contributed by atoms with Crippen LogP contribution in [0.1, 0.15) is 30.1 Å². The van der Waals surface area contributed by atoms with Crippen LogP contribution in [0, 0.1) is 0 Å². The third-order valence-corrected chi connectivity index (χ3v) is 3.47. The molecule has 0 aliphatic rings. The van der Waals surface area contributed by atoms with Crippen LogP contribution in [0.25, 0.3) is 0 Å². The SMILES string of the molecule is CCCN(CC)CCNC(=O)c1nnc(NC)s1. The van der Waals surface area contributed by atoms with Crippen molar-refractivity contribution in [2.75, 3.05) is 38.5 Å². The predicted octanol–water partition coefficient (Wildman–Crippen LogP) is 1.04. The van der Waals surface area contributed by atoms with Crippen LogP contribution in [0.5, 0.6) is 0 Å². The van der Waals surface area contributed by atoms with Gasteiger partial charge in [-0.1, -0.05) is 25.2 Å². The van der Waals surface area contributed by atoms with Gasteiger partial charge in [0.1, 0.15) is 0 Å². The molecule has 7 heteroatoms. The fourth-order valence-corrected chi connectivity index (χ4v) is 2.18. The van der Waals surface area contributed by atoms with Crippen LogP contribution in [0.15, 0.2) is 0 Å². The minimum Gasteiger partial charge on any atom is -0.363 e. The van der Waals surface area contributed by atoms with Crippen LogP contribution < -0.4 is 10.6 Å². The Morgan fingerprint density at radius 1 is 1.33 bits per heavy atom. The minimum absolute atomic E-state index is 0.151. The monoisotopic (exact) mass is 271 g/mol. The molecule has 1 aromatic heterocycles. The zero-order valence-corrected chi connectivity index (χ0v) is 12.0. The van der Waals surface area contributed by atoms with Gasteiger partial charge in [-0.15, -0.1) is 10.2 Å². The first-order chi connectivity index (χ1) is 8.71. The fourth-order valence-electron chi connectivity index (χ4n) is 1.56. The second-order valence-electron chi connectivity index (χ2n) is 3.85. The molecule has 0 fully saturated rings. The number of nitrogens with one attached hydrogen (secondary N) is 2. The number of carbonyl (C=O) groups is 1. The van der Waals surface area contributed by atoms with Gasteiger partial charge in [-0.05, 0) is 19.5 Å². The lowest BCUT2D eigenvalue weighted by Crippen LogP contribution is -2.35. The van der Waals surface area contributed by atoms with Gasteiger partial charge in [-0.25, -0.2) is 0 Å². The lowest BCUT2D eigenvalue weighted by atomic mass is 10.4. The van der Waals surface area contributed by atoms with Gasteiger partial charge < -0.3 is 15.5 Å². The molecule has 1 amide bonds. The van der Waals surface area contributed by atoms with Crippen LogP contribution in [-0.2, 0) is 0 Å². The van der Waals surface area contributed by atoms with E-state index in [-0.39, 0.29) is 5.91 Å². The van der Waals surface area contributed by atoms with E-state index in [1.54, 1.807) is 7.05 Å². The Morgan fingerprint density at radius 2 is 2.11 bits per heavy atom. The Bertz CT molecular complexity index is 368. The molecule has 0 bridgehead atoms. The number of nitrogens with zero attached hydrogens (tertiary/aromatic N) is 3. The highest BCUT2D eigenvalue weighted by molar-refractivity contribution is 7.17. The van der Waals surface area contributed by atoms with E-state index in [2.05, 4.69) is 39.6 Å². The molecule has 18 heavy (non-hydrogen) atoms. The van der Waals surface area contributed by atoms with Crippen molar-refractivity contribution in [3.05, 3.63) is 5.01 Å². The molecule has 102 valence electrons. The lowest BCUT2D eigenvalue weighted by molar-refractivity contribution is 0.0947. The molecule has 6 nitrogen and oxygen atoms in total. The first kappa shape index (κ1) is 14.8. The van der Waals surface area contributed by atoms with Crippen molar-refractivity contribution in [3.8, 4) is 0 Å². The number of likely N-dealkylation sites (N-methyl/N-ethyl adjacent to an activating group) is 1. The Balaban J connectivity index is 2.32. The summed E-state index contributed by atoms with van der Waals surface area (Å²) in [4.78, 5) is 14.1. The summed E-state index contributed by atoms with van der Waals surface area (Å²) in [6, 6.07) is 0. The van der Waals surface area contributed by atoms with Gasteiger partial charge in [0.15, 0.2) is 0 Å². The fraction of sp³-hybridized carbons (Fsp3) is 0.727. The maximum absolute atomic E-state index is 11.8. The van der Waals surface area contributed by atoms with E-state index in [4.69, 9.17) is 0 Å². The van der Waals surface area contributed by atoms with E-state index >= 15 is 0 Å². The molecular formula is C11H21N5OS. The van der Waals surface area contributed by atoms with Crippen LogP contribution >= 0.6 is 11.3 Å². The molecule has 0 aromatic carbocycles. The summed E-state index contributed by atoms with van der Waals surface area (Å²) in [5.74, 6) is -0.151. The van der Waals surface area contributed by atoms with E-state index in [1.807, 2.05) is 0 Å². The molecule has 1 rings (SSSR count). The number of anilines is 1. The highest BCUT2D eigenvalue weighted by Crippen LogP contribution is 2.13. The second kappa shape index (κ2) is 7.99. The van der Waals surface area contributed by atoms with Gasteiger partial charge in [0.05, 0.1) is 0 Å². The van der Waals surface area contributed by atoms with Crippen LogP contribution in [0.3, 0.4) is 0 Å². The number of rotatable bonds is 8. The Hall–Kier alpha value is -1.21. The maximum atomic E-state index is 11.8. The summed E-state index contributed by atoms with van der Waals surface area (Å²) in [6.45, 7) is 7.86. The van der Waals surface area contributed by atoms with Crippen molar-refractivity contribution in [1.82, 2.24) is 20.4 Å². The summed E-state index contributed by atoms with van der Waals surface area (Å²) in [6.07, 6.45) is 1.13. The van der Waals surface area contributed by atoms with E-state index in [1.165, 1.54) is 11.3 Å². The number of carbonyl (C=O) groups excluding carboxylic acids is 1. The Morgan fingerprint density at radius 3 is 2.67 bits per heavy atom. The molecule has 0 aliphatic carbocycles. The second-order valence-corrected chi connectivity index (χ2v) is 4.83. The summed E-state index contributed by atoms with van der Waals surface area (Å²) in [5.41, 5.74) is 0. The summed E-state index contributed by atoms with van der Waals surface area (Å²) in [5, 5.41) is 14.4. The normalized spacial score (nSPS) is 10.7. The van der Waals surface area contributed by atoms with Gasteiger partial charge in [-0.3, -0.25) is 4.79 Å². The van der Waals surface area contributed by atoms with Gasteiger partial charge in [0.25, 0.3) is 5.91 Å². The van der Waals surface area contributed by atoms with Gasteiger partial charge in [0.2, 0.25) is 10.1 Å². The molecule has 0 saturated carbocycles. The first-order valence-corrected chi connectivity index (χ1v) is 7.04. The van der Waals surface area contributed by atoms with Crippen LogP contribution in [-0.4, -0.2) is 54.2 Å². The zero-order chi connectivity index (χ0) is 13.4. The maximum Gasteiger partial charge on any atom is 0.282 e. The van der Waals surface area contributed by atoms with Crippen molar-refractivity contribution in [1.29, 1.82) is 0 Å². The summed E-state index contributed by atoms with van der Waals surface area (Å²) >= 11 is 1.26. The number of hydrogen-bond acceptors (Lipinski definition) is 6. The largest absolute Gasteiger partial charge is 0.363 e. The smallest absolute Gasteiger partial charge is 0.282 e. The molecule has 1 aromatic rings. The van der Waals surface area contributed by atoms with Gasteiger partial charge in [0, 0.05) is 20.1 Å². The average molecular weight is 271 g/mol. The summed E-state index contributed by atoms with van der Waals surface area (Å²) in [7, 11) is 1.76. The zero-order valence-electron chi connectivity index (χ0n) is 11.2. The first-order valence-electron chi connectivity index (χ1n) is 6.23.